The molecule has 4 heteroatoms. The summed E-state index contributed by atoms with van der Waals surface area (Å²) < 4.78 is 5.70. The predicted molar refractivity (Wildman–Crippen MR) is 82.9 cm³/mol. The fraction of sp³-hybridized carbons (Fsp3) is 0.0625. The number of halogens is 1. The first kappa shape index (κ1) is 13.2. The molecule has 1 heterocycles. The van der Waals surface area contributed by atoms with E-state index < -0.39 is 0 Å². The smallest absolute Gasteiger partial charge is 0.278 e. The van der Waals surface area contributed by atoms with E-state index in [4.69, 9.17) is 16.3 Å². The van der Waals surface area contributed by atoms with Crippen molar-refractivity contribution in [3.8, 4) is 10.9 Å². The van der Waals surface area contributed by atoms with Gasteiger partial charge in [-0.1, -0.05) is 53.3 Å². The highest BCUT2D eigenvalue weighted by molar-refractivity contribution is 7.11. The van der Waals surface area contributed by atoms with Crippen LogP contribution in [0.25, 0.3) is 0 Å². The van der Waals surface area contributed by atoms with Gasteiger partial charge in [0.1, 0.15) is 5.75 Å². The maximum absolute atomic E-state index is 5.88. The predicted octanol–water partition coefficient (Wildman–Crippen LogP) is 5.18. The number of rotatable bonds is 4. The summed E-state index contributed by atoms with van der Waals surface area (Å²) in [6.45, 7) is 0. The van der Waals surface area contributed by atoms with Crippen molar-refractivity contribution in [1.29, 1.82) is 0 Å². The molecule has 0 fully saturated rings. The molecule has 0 saturated heterocycles. The monoisotopic (exact) mass is 301 g/mol. The zero-order valence-electron chi connectivity index (χ0n) is 10.6. The Labute approximate surface area is 126 Å². The maximum atomic E-state index is 5.88. The van der Waals surface area contributed by atoms with Crippen LogP contribution in [0.5, 0.6) is 10.9 Å². The molecule has 2 aromatic carbocycles. The molecule has 0 aliphatic carbocycles. The molecule has 0 atom stereocenters. The maximum Gasteiger partial charge on any atom is 0.278 e. The Kier molecular flexibility index (Phi) is 4.00. The van der Waals surface area contributed by atoms with Crippen molar-refractivity contribution in [3.05, 3.63) is 76.3 Å². The summed E-state index contributed by atoms with van der Waals surface area (Å²) in [6.07, 6.45) is 0.784. The van der Waals surface area contributed by atoms with Crippen LogP contribution in [0.2, 0.25) is 5.02 Å². The van der Waals surface area contributed by atoms with Crippen LogP contribution in [0.3, 0.4) is 0 Å². The number of hydrogen-bond acceptors (Lipinski definition) is 3. The lowest BCUT2D eigenvalue weighted by atomic mass is 10.1. The van der Waals surface area contributed by atoms with Crippen molar-refractivity contribution in [2.24, 2.45) is 0 Å². The van der Waals surface area contributed by atoms with Gasteiger partial charge in [0.15, 0.2) is 0 Å². The van der Waals surface area contributed by atoms with Gasteiger partial charge in [0.25, 0.3) is 5.19 Å². The molecule has 0 spiro atoms. The van der Waals surface area contributed by atoms with E-state index in [2.05, 4.69) is 4.98 Å². The fourth-order valence-corrected chi connectivity index (χ4v) is 2.63. The highest BCUT2D eigenvalue weighted by Crippen LogP contribution is 2.26. The third-order valence-corrected chi connectivity index (χ3v) is 3.80. The van der Waals surface area contributed by atoms with Gasteiger partial charge in [-0.15, -0.1) is 0 Å². The third-order valence-electron chi connectivity index (χ3n) is 2.78. The van der Waals surface area contributed by atoms with E-state index in [0.717, 1.165) is 22.9 Å². The van der Waals surface area contributed by atoms with Gasteiger partial charge < -0.3 is 4.74 Å². The fourth-order valence-electron chi connectivity index (χ4n) is 1.82. The molecule has 0 bridgehead atoms. The first-order valence-corrected chi connectivity index (χ1v) is 7.47. The Morgan fingerprint density at radius 1 is 1.00 bits per heavy atom. The molecule has 3 aromatic rings. The standard InChI is InChI=1S/C16H12ClNOS/c17-13-8-6-12(7-9-13)10-14-11-20-16(18-14)19-15-4-2-1-3-5-15/h1-9,11H,10H2. The van der Waals surface area contributed by atoms with Crippen LogP contribution in [0.4, 0.5) is 0 Å². The highest BCUT2D eigenvalue weighted by atomic mass is 35.5. The van der Waals surface area contributed by atoms with Crippen LogP contribution in [0, 0.1) is 0 Å². The van der Waals surface area contributed by atoms with E-state index in [1.165, 1.54) is 16.9 Å². The summed E-state index contributed by atoms with van der Waals surface area (Å²) in [5.74, 6) is 0.805. The average molecular weight is 302 g/mol. The number of benzene rings is 2. The van der Waals surface area contributed by atoms with Gasteiger partial charge >= 0.3 is 0 Å². The van der Waals surface area contributed by atoms with Crippen LogP contribution in [0.1, 0.15) is 11.3 Å². The molecular formula is C16H12ClNOS. The molecule has 0 radical (unpaired) electrons. The highest BCUT2D eigenvalue weighted by Gasteiger charge is 2.05. The van der Waals surface area contributed by atoms with Crippen molar-refractivity contribution in [3.63, 3.8) is 0 Å². The minimum absolute atomic E-state index is 0.667. The first-order chi connectivity index (χ1) is 9.79. The number of aromatic nitrogens is 1. The quantitative estimate of drug-likeness (QED) is 0.662. The second-order valence-electron chi connectivity index (χ2n) is 4.32. The normalized spacial score (nSPS) is 10.4. The molecular weight excluding hydrogens is 290 g/mol. The van der Waals surface area contributed by atoms with Gasteiger partial charge in [-0.2, -0.15) is 0 Å². The van der Waals surface area contributed by atoms with Gasteiger partial charge in [0.05, 0.1) is 5.69 Å². The number of para-hydroxylation sites is 1. The molecule has 3 rings (SSSR count). The summed E-state index contributed by atoms with van der Waals surface area (Å²) in [5.41, 5.74) is 2.19. The molecule has 0 aliphatic heterocycles. The lowest BCUT2D eigenvalue weighted by Crippen LogP contribution is -1.89. The molecule has 0 N–H and O–H groups in total. The van der Waals surface area contributed by atoms with Crippen LogP contribution in [0.15, 0.2) is 60.0 Å². The zero-order chi connectivity index (χ0) is 13.8. The Morgan fingerprint density at radius 2 is 1.75 bits per heavy atom. The van der Waals surface area contributed by atoms with Crippen LogP contribution in [-0.2, 0) is 6.42 Å². The van der Waals surface area contributed by atoms with Crippen LogP contribution in [-0.4, -0.2) is 4.98 Å². The number of nitrogens with zero attached hydrogens (tertiary/aromatic N) is 1. The average Bonchev–Trinajstić information content (AvgIpc) is 2.90. The summed E-state index contributed by atoms with van der Waals surface area (Å²) >= 11 is 7.38. The van der Waals surface area contributed by atoms with Gasteiger partial charge in [-0.05, 0) is 29.8 Å². The molecule has 0 aliphatic rings. The minimum Gasteiger partial charge on any atom is -0.431 e. The van der Waals surface area contributed by atoms with Crippen molar-refractivity contribution >= 4 is 22.9 Å². The molecule has 2 nitrogen and oxygen atoms in total. The SMILES string of the molecule is Clc1ccc(Cc2csc(Oc3ccccc3)n2)cc1. The summed E-state index contributed by atoms with van der Waals surface area (Å²) in [7, 11) is 0. The lowest BCUT2D eigenvalue weighted by molar-refractivity contribution is 0.477. The van der Waals surface area contributed by atoms with E-state index in [-0.39, 0.29) is 0 Å². The van der Waals surface area contributed by atoms with Gasteiger partial charge in [0, 0.05) is 16.8 Å². The number of hydrogen-bond donors (Lipinski definition) is 0. The van der Waals surface area contributed by atoms with Crippen molar-refractivity contribution < 1.29 is 4.74 Å². The third kappa shape index (κ3) is 3.38. The molecule has 100 valence electrons. The second kappa shape index (κ2) is 6.07. The Bertz CT molecular complexity index is 679. The molecule has 20 heavy (non-hydrogen) atoms. The molecule has 0 amide bonds. The van der Waals surface area contributed by atoms with E-state index in [9.17, 15) is 0 Å². The second-order valence-corrected chi connectivity index (χ2v) is 5.58. The Hall–Kier alpha value is -1.84. The first-order valence-electron chi connectivity index (χ1n) is 6.21. The summed E-state index contributed by atoms with van der Waals surface area (Å²) in [6, 6.07) is 17.5. The molecule has 0 unspecified atom stereocenters. The summed E-state index contributed by atoms with van der Waals surface area (Å²) in [4.78, 5) is 4.49. The van der Waals surface area contributed by atoms with Crippen molar-refractivity contribution in [1.82, 2.24) is 4.98 Å². The topological polar surface area (TPSA) is 22.1 Å². The van der Waals surface area contributed by atoms with Crippen molar-refractivity contribution in [2.75, 3.05) is 0 Å². The van der Waals surface area contributed by atoms with Gasteiger partial charge in [0.2, 0.25) is 0 Å². The zero-order valence-corrected chi connectivity index (χ0v) is 12.2. The van der Waals surface area contributed by atoms with Crippen molar-refractivity contribution in [2.45, 2.75) is 6.42 Å². The number of thiazole rings is 1. The Balaban J connectivity index is 1.69. The molecule has 1 aromatic heterocycles. The summed E-state index contributed by atoms with van der Waals surface area (Å²) in [5, 5.41) is 3.44. The largest absolute Gasteiger partial charge is 0.431 e. The van der Waals surface area contributed by atoms with Gasteiger partial charge in [-0.3, -0.25) is 0 Å². The van der Waals surface area contributed by atoms with Crippen LogP contribution < -0.4 is 4.74 Å². The van der Waals surface area contributed by atoms with E-state index in [0.29, 0.717) is 5.19 Å². The van der Waals surface area contributed by atoms with Crippen LogP contribution >= 0.6 is 22.9 Å². The minimum atomic E-state index is 0.667. The van der Waals surface area contributed by atoms with E-state index in [1.54, 1.807) is 0 Å². The molecule has 0 saturated carbocycles. The Morgan fingerprint density at radius 3 is 2.50 bits per heavy atom. The lowest BCUT2D eigenvalue weighted by Gasteiger charge is -2.00. The number of ether oxygens (including phenoxy) is 1. The van der Waals surface area contributed by atoms with E-state index in [1.807, 2.05) is 60.0 Å². The van der Waals surface area contributed by atoms with Gasteiger partial charge in [-0.25, -0.2) is 4.98 Å². The van der Waals surface area contributed by atoms with E-state index >= 15 is 0 Å².